The molecule has 1 atom stereocenters. The number of carboxylic acids is 1. The van der Waals surface area contributed by atoms with E-state index in [-0.39, 0.29) is 0 Å². The van der Waals surface area contributed by atoms with Gasteiger partial charge in [-0.3, -0.25) is 4.79 Å². The molecule has 0 bridgehead atoms. The van der Waals surface area contributed by atoms with E-state index in [2.05, 4.69) is 42.2 Å². The van der Waals surface area contributed by atoms with Crippen molar-refractivity contribution in [2.75, 3.05) is 13.1 Å². The molecule has 0 aliphatic carbocycles. The number of aliphatic carboxylic acids is 1. The van der Waals surface area contributed by atoms with E-state index in [0.717, 1.165) is 41.8 Å². The van der Waals surface area contributed by atoms with E-state index in [1.54, 1.807) is 0 Å². The van der Waals surface area contributed by atoms with Gasteiger partial charge in [-0.1, -0.05) is 48.5 Å². The summed E-state index contributed by atoms with van der Waals surface area (Å²) in [5.74, 6) is -0.781. The molecule has 1 aliphatic heterocycles. The van der Waals surface area contributed by atoms with E-state index in [9.17, 15) is 9.90 Å². The molecule has 1 heterocycles. The molecule has 0 radical (unpaired) electrons. The average molecular weight is 351 g/mol. The minimum atomic E-state index is -0.932. The molecule has 3 rings (SSSR count). The van der Waals surface area contributed by atoms with Crippen LogP contribution in [-0.2, 0) is 16.6 Å². The number of hydrogen-bond donors (Lipinski definition) is 1. The fourth-order valence-corrected chi connectivity index (χ4v) is 4.10. The molecule has 2 aromatic rings. The van der Waals surface area contributed by atoms with E-state index in [4.69, 9.17) is 0 Å². The van der Waals surface area contributed by atoms with Gasteiger partial charge in [0.15, 0.2) is 0 Å². The summed E-state index contributed by atoms with van der Waals surface area (Å²) in [5, 5.41) is 9.90. The van der Waals surface area contributed by atoms with Crippen LogP contribution in [0, 0.1) is 0 Å². The van der Waals surface area contributed by atoms with Crippen LogP contribution in [0.25, 0.3) is 11.1 Å². The molecular weight excluding hydrogens is 322 g/mol. The van der Waals surface area contributed by atoms with Crippen molar-refractivity contribution in [3.63, 3.8) is 0 Å². The van der Waals surface area contributed by atoms with Gasteiger partial charge in [0.05, 0.1) is 5.41 Å². The van der Waals surface area contributed by atoms with Gasteiger partial charge in [-0.2, -0.15) is 0 Å². The van der Waals surface area contributed by atoms with Crippen molar-refractivity contribution in [3.05, 3.63) is 59.7 Å². The highest BCUT2D eigenvalue weighted by Gasteiger charge is 2.34. The highest BCUT2D eigenvalue weighted by atomic mass is 16.4. The smallest absolute Gasteiger partial charge is 0.313 e. The maximum Gasteiger partial charge on any atom is 0.313 e. The first-order valence-corrected chi connectivity index (χ1v) is 9.56. The summed E-state index contributed by atoms with van der Waals surface area (Å²) >= 11 is 0. The third-order valence-electron chi connectivity index (χ3n) is 5.75. The quantitative estimate of drug-likeness (QED) is 0.817. The Hall–Kier alpha value is -2.13. The number of hydrogen-bond acceptors (Lipinski definition) is 2. The molecule has 1 saturated heterocycles. The van der Waals surface area contributed by atoms with Crippen LogP contribution in [0.1, 0.15) is 44.7 Å². The minimum Gasteiger partial charge on any atom is -0.481 e. The Morgan fingerprint density at radius 2 is 1.88 bits per heavy atom. The van der Waals surface area contributed by atoms with Crippen molar-refractivity contribution >= 4 is 5.97 Å². The average Bonchev–Trinajstić information content (AvgIpc) is 3.05. The topological polar surface area (TPSA) is 40.5 Å². The Morgan fingerprint density at radius 3 is 2.50 bits per heavy atom. The van der Waals surface area contributed by atoms with Crippen molar-refractivity contribution in [3.8, 4) is 11.1 Å². The summed E-state index contributed by atoms with van der Waals surface area (Å²) < 4.78 is 0. The van der Waals surface area contributed by atoms with Crippen molar-refractivity contribution in [1.82, 2.24) is 4.90 Å². The van der Waals surface area contributed by atoms with Crippen LogP contribution in [0.15, 0.2) is 48.5 Å². The molecule has 0 aromatic heterocycles. The lowest BCUT2D eigenvalue weighted by molar-refractivity contribution is -0.142. The second-order valence-electron chi connectivity index (χ2n) is 7.91. The molecule has 0 spiro atoms. The maximum absolute atomic E-state index is 12.1. The molecule has 138 valence electrons. The monoisotopic (exact) mass is 351 g/mol. The van der Waals surface area contributed by atoms with Crippen LogP contribution in [-0.4, -0.2) is 35.1 Å². The Bertz CT molecular complexity index is 767. The van der Waals surface area contributed by atoms with Gasteiger partial charge in [0.1, 0.15) is 0 Å². The highest BCUT2D eigenvalue weighted by Crippen LogP contribution is 2.36. The summed E-state index contributed by atoms with van der Waals surface area (Å²) in [4.78, 5) is 14.6. The lowest BCUT2D eigenvalue weighted by atomic mass is 9.76. The molecule has 3 nitrogen and oxygen atoms in total. The van der Waals surface area contributed by atoms with Gasteiger partial charge in [-0.25, -0.2) is 0 Å². The lowest BCUT2D eigenvalue weighted by Crippen LogP contribution is -2.32. The molecule has 0 amide bonds. The van der Waals surface area contributed by atoms with Gasteiger partial charge in [0.25, 0.3) is 0 Å². The summed E-state index contributed by atoms with van der Waals surface area (Å²) in [7, 11) is 0. The van der Waals surface area contributed by atoms with Crippen molar-refractivity contribution in [2.24, 2.45) is 0 Å². The molecule has 1 N–H and O–H groups in total. The van der Waals surface area contributed by atoms with E-state index in [1.807, 2.05) is 32.0 Å². The Morgan fingerprint density at radius 1 is 1.15 bits per heavy atom. The predicted molar refractivity (Wildman–Crippen MR) is 107 cm³/mol. The van der Waals surface area contributed by atoms with Crippen molar-refractivity contribution in [1.29, 1.82) is 0 Å². The molecule has 3 heteroatoms. The summed E-state index contributed by atoms with van der Waals surface area (Å²) in [6.45, 7) is 8.06. The standard InChI is InChI=1S/C23H29NO2/c1-17-9-8-15-24(17)16-14-19-12-7-13-20(18-10-5-4-6-11-18)21(19)23(2,3)22(25)26/h4-7,10-13,17H,8-9,14-16H2,1-3H3,(H,25,26)/t17-/m1/s1. The van der Waals surface area contributed by atoms with Gasteiger partial charge >= 0.3 is 5.97 Å². The third-order valence-corrected chi connectivity index (χ3v) is 5.75. The molecule has 26 heavy (non-hydrogen) atoms. The Balaban J connectivity index is 2.02. The van der Waals surface area contributed by atoms with E-state index >= 15 is 0 Å². The first kappa shape index (κ1) is 18.7. The number of benzene rings is 2. The van der Waals surface area contributed by atoms with Gasteiger partial charge in [-0.05, 0) is 68.8 Å². The molecule has 0 unspecified atom stereocenters. The van der Waals surface area contributed by atoms with Crippen LogP contribution >= 0.6 is 0 Å². The molecule has 0 saturated carbocycles. The summed E-state index contributed by atoms with van der Waals surface area (Å²) in [5.41, 5.74) is 3.28. The van der Waals surface area contributed by atoms with Crippen LogP contribution in [0.2, 0.25) is 0 Å². The Labute approximate surface area is 156 Å². The minimum absolute atomic E-state index is 0.628. The van der Waals surface area contributed by atoms with E-state index < -0.39 is 11.4 Å². The normalized spacial score (nSPS) is 18.2. The van der Waals surface area contributed by atoms with E-state index in [0.29, 0.717) is 6.04 Å². The molecule has 1 fully saturated rings. The Kier molecular flexibility index (Phi) is 5.47. The van der Waals surface area contributed by atoms with Gasteiger partial charge < -0.3 is 10.0 Å². The van der Waals surface area contributed by atoms with Crippen molar-refractivity contribution < 1.29 is 9.90 Å². The third kappa shape index (κ3) is 3.68. The second-order valence-corrected chi connectivity index (χ2v) is 7.91. The van der Waals surface area contributed by atoms with Crippen LogP contribution < -0.4 is 0 Å². The first-order chi connectivity index (χ1) is 12.4. The highest BCUT2D eigenvalue weighted by molar-refractivity contribution is 5.85. The second kappa shape index (κ2) is 7.63. The van der Waals surface area contributed by atoms with Gasteiger partial charge in [-0.15, -0.1) is 0 Å². The van der Waals surface area contributed by atoms with Crippen LogP contribution in [0.4, 0.5) is 0 Å². The summed E-state index contributed by atoms with van der Waals surface area (Å²) in [6, 6.07) is 17.0. The number of nitrogens with zero attached hydrogens (tertiary/aromatic N) is 1. The fraction of sp³-hybridized carbons (Fsp3) is 0.435. The van der Waals surface area contributed by atoms with Crippen LogP contribution in [0.3, 0.4) is 0 Å². The SMILES string of the molecule is C[C@@H]1CCCN1CCc1cccc(-c2ccccc2)c1C(C)(C)C(=O)O. The number of rotatable bonds is 6. The predicted octanol–water partition coefficient (Wildman–Crippen LogP) is 4.74. The van der Waals surface area contributed by atoms with Crippen molar-refractivity contribution in [2.45, 2.75) is 51.5 Å². The summed E-state index contributed by atoms with van der Waals surface area (Å²) in [6.07, 6.45) is 3.41. The molecular formula is C23H29NO2. The van der Waals surface area contributed by atoms with Gasteiger partial charge in [0.2, 0.25) is 0 Å². The molecule has 2 aromatic carbocycles. The maximum atomic E-state index is 12.1. The fourth-order valence-electron chi connectivity index (χ4n) is 4.10. The molecule has 1 aliphatic rings. The number of carbonyl (C=O) groups is 1. The largest absolute Gasteiger partial charge is 0.481 e. The number of carboxylic acid groups (broad SMARTS) is 1. The van der Waals surface area contributed by atoms with Gasteiger partial charge in [0, 0.05) is 12.6 Å². The first-order valence-electron chi connectivity index (χ1n) is 9.56. The zero-order chi connectivity index (χ0) is 18.7. The lowest BCUT2D eigenvalue weighted by Gasteiger charge is -2.28. The van der Waals surface area contributed by atoms with E-state index in [1.165, 1.54) is 12.8 Å². The van der Waals surface area contributed by atoms with Crippen LogP contribution in [0.5, 0.6) is 0 Å². The zero-order valence-corrected chi connectivity index (χ0v) is 16.0. The zero-order valence-electron chi connectivity index (χ0n) is 16.0. The number of likely N-dealkylation sites (tertiary alicyclic amines) is 1.